The second-order valence-corrected chi connectivity index (χ2v) is 6.86. The molecule has 0 saturated heterocycles. The summed E-state index contributed by atoms with van der Waals surface area (Å²) in [5.74, 6) is -2.04. The molecule has 0 aliphatic heterocycles. The van der Waals surface area contributed by atoms with E-state index >= 15 is 0 Å². The first-order valence-electron chi connectivity index (χ1n) is 5.82. The average molecular weight is 377 g/mol. The molecule has 1 aromatic carbocycles. The summed E-state index contributed by atoms with van der Waals surface area (Å²) in [5, 5.41) is 0. The second kappa shape index (κ2) is 5.69. The maximum atomic E-state index is 13.8. The Morgan fingerprint density at radius 1 is 1.19 bits per heavy atom. The molecule has 0 unspecified atom stereocenters. The molecule has 21 heavy (non-hydrogen) atoms. The molecule has 4 nitrogen and oxygen atoms in total. The third-order valence-electron chi connectivity index (χ3n) is 2.70. The fourth-order valence-corrected chi connectivity index (χ4v) is 4.06. The Morgan fingerprint density at radius 2 is 1.86 bits per heavy atom. The third-order valence-corrected chi connectivity index (χ3v) is 5.03. The molecule has 0 saturated carbocycles. The van der Waals surface area contributed by atoms with Gasteiger partial charge in [-0.15, -0.1) is 0 Å². The Bertz CT molecular complexity index is 787. The van der Waals surface area contributed by atoms with Crippen molar-refractivity contribution in [3.63, 3.8) is 0 Å². The first kappa shape index (κ1) is 15.8. The molecule has 0 spiro atoms. The number of sulfonamides is 1. The Hall–Kier alpha value is -1.54. The highest BCUT2D eigenvalue weighted by Crippen LogP contribution is 2.28. The van der Waals surface area contributed by atoms with Crippen LogP contribution in [-0.2, 0) is 10.0 Å². The van der Waals surface area contributed by atoms with Crippen molar-refractivity contribution >= 4 is 31.6 Å². The normalized spacial score (nSPS) is 11.5. The zero-order valence-electron chi connectivity index (χ0n) is 11.1. The van der Waals surface area contributed by atoms with Gasteiger partial charge in [-0.25, -0.2) is 17.2 Å². The van der Waals surface area contributed by atoms with Gasteiger partial charge in [-0.3, -0.25) is 9.71 Å². The molecule has 112 valence electrons. The van der Waals surface area contributed by atoms with Crippen LogP contribution >= 0.6 is 15.9 Å². The van der Waals surface area contributed by atoms with Gasteiger partial charge in [0.25, 0.3) is 10.0 Å². The van der Waals surface area contributed by atoms with Crippen LogP contribution < -0.4 is 4.72 Å². The number of benzene rings is 1. The SMILES string of the molecule is Cc1ccc(NS(=O)(=O)c2c(F)cc(F)cc2Br)c(C)n1. The van der Waals surface area contributed by atoms with Crippen LogP contribution in [0.2, 0.25) is 0 Å². The number of anilines is 1. The highest BCUT2D eigenvalue weighted by atomic mass is 79.9. The highest BCUT2D eigenvalue weighted by Gasteiger charge is 2.24. The number of aromatic nitrogens is 1. The molecular formula is C13H11BrF2N2O2S. The fraction of sp³-hybridized carbons (Fsp3) is 0.154. The molecule has 8 heteroatoms. The van der Waals surface area contributed by atoms with Crippen LogP contribution in [0.1, 0.15) is 11.4 Å². The maximum Gasteiger partial charge on any atom is 0.266 e. The lowest BCUT2D eigenvalue weighted by molar-refractivity contribution is 0.548. The van der Waals surface area contributed by atoms with E-state index in [4.69, 9.17) is 0 Å². The Kier molecular flexibility index (Phi) is 4.29. The average Bonchev–Trinajstić information content (AvgIpc) is 2.30. The van der Waals surface area contributed by atoms with E-state index in [0.717, 1.165) is 11.8 Å². The molecule has 0 amide bonds. The molecule has 1 N–H and O–H groups in total. The number of nitrogens with zero attached hydrogens (tertiary/aromatic N) is 1. The first-order chi connectivity index (χ1) is 9.70. The minimum atomic E-state index is -4.21. The summed E-state index contributed by atoms with van der Waals surface area (Å²) < 4.78 is 53.4. The van der Waals surface area contributed by atoms with Gasteiger partial charge in [-0.05, 0) is 48.0 Å². The lowest BCUT2D eigenvalue weighted by Crippen LogP contribution is -2.16. The zero-order chi connectivity index (χ0) is 15.8. The van der Waals surface area contributed by atoms with Gasteiger partial charge in [0, 0.05) is 16.2 Å². The number of pyridine rings is 1. The number of aryl methyl sites for hydroxylation is 2. The van der Waals surface area contributed by atoms with Crippen LogP contribution in [0.15, 0.2) is 33.6 Å². The molecule has 0 aliphatic rings. The summed E-state index contributed by atoms with van der Waals surface area (Å²) in [6, 6.07) is 4.56. The van der Waals surface area contributed by atoms with Crippen LogP contribution in [-0.4, -0.2) is 13.4 Å². The summed E-state index contributed by atoms with van der Waals surface area (Å²) in [4.78, 5) is 3.47. The van der Waals surface area contributed by atoms with Crippen molar-refractivity contribution in [1.82, 2.24) is 4.98 Å². The van der Waals surface area contributed by atoms with Gasteiger partial charge >= 0.3 is 0 Å². The Labute approximate surface area is 129 Å². The molecule has 2 rings (SSSR count). The zero-order valence-corrected chi connectivity index (χ0v) is 13.5. The number of hydrogen-bond donors (Lipinski definition) is 1. The Morgan fingerprint density at radius 3 is 2.43 bits per heavy atom. The number of hydrogen-bond acceptors (Lipinski definition) is 3. The predicted octanol–water partition coefficient (Wildman–Crippen LogP) is 3.54. The van der Waals surface area contributed by atoms with E-state index in [2.05, 4.69) is 25.6 Å². The lowest BCUT2D eigenvalue weighted by Gasteiger charge is -2.12. The summed E-state index contributed by atoms with van der Waals surface area (Å²) in [5.41, 5.74) is 1.41. The van der Waals surface area contributed by atoms with Gasteiger partial charge in [0.1, 0.15) is 16.5 Å². The monoisotopic (exact) mass is 376 g/mol. The van der Waals surface area contributed by atoms with E-state index in [1.54, 1.807) is 19.9 Å². The maximum absolute atomic E-state index is 13.8. The van der Waals surface area contributed by atoms with Crippen LogP contribution in [0.25, 0.3) is 0 Å². The van der Waals surface area contributed by atoms with Gasteiger partial charge in [0.2, 0.25) is 0 Å². The first-order valence-corrected chi connectivity index (χ1v) is 8.10. The molecule has 1 heterocycles. The molecule has 0 bridgehead atoms. The van der Waals surface area contributed by atoms with Gasteiger partial charge in [0.05, 0.1) is 11.4 Å². The predicted molar refractivity (Wildman–Crippen MR) is 78.6 cm³/mol. The molecule has 2 aromatic rings. The largest absolute Gasteiger partial charge is 0.278 e. The van der Waals surface area contributed by atoms with Crippen molar-refractivity contribution in [3.8, 4) is 0 Å². The van der Waals surface area contributed by atoms with Crippen LogP contribution in [0.4, 0.5) is 14.5 Å². The van der Waals surface area contributed by atoms with E-state index in [1.165, 1.54) is 6.07 Å². The topological polar surface area (TPSA) is 59.1 Å². The van der Waals surface area contributed by atoms with Crippen molar-refractivity contribution < 1.29 is 17.2 Å². The highest BCUT2D eigenvalue weighted by molar-refractivity contribution is 9.10. The van der Waals surface area contributed by atoms with Crippen molar-refractivity contribution in [2.45, 2.75) is 18.7 Å². The summed E-state index contributed by atoms with van der Waals surface area (Å²) >= 11 is 2.86. The van der Waals surface area contributed by atoms with Gasteiger partial charge in [-0.1, -0.05) is 0 Å². The van der Waals surface area contributed by atoms with Crippen molar-refractivity contribution in [2.75, 3.05) is 4.72 Å². The van der Waals surface area contributed by atoms with Gasteiger partial charge in [0.15, 0.2) is 0 Å². The van der Waals surface area contributed by atoms with Crippen LogP contribution in [0.3, 0.4) is 0 Å². The molecule has 0 radical (unpaired) electrons. The summed E-state index contributed by atoms with van der Waals surface area (Å²) in [7, 11) is -4.21. The van der Waals surface area contributed by atoms with E-state index in [-0.39, 0.29) is 10.2 Å². The van der Waals surface area contributed by atoms with E-state index in [1.807, 2.05) is 0 Å². The fourth-order valence-electron chi connectivity index (χ4n) is 1.78. The van der Waals surface area contributed by atoms with Crippen LogP contribution in [0.5, 0.6) is 0 Å². The summed E-state index contributed by atoms with van der Waals surface area (Å²) in [6.07, 6.45) is 0. The third kappa shape index (κ3) is 3.38. The smallest absolute Gasteiger partial charge is 0.266 e. The lowest BCUT2D eigenvalue weighted by atomic mass is 10.3. The molecule has 0 fully saturated rings. The summed E-state index contributed by atoms with van der Waals surface area (Å²) in [6.45, 7) is 3.39. The quantitative estimate of drug-likeness (QED) is 0.890. The van der Waals surface area contributed by atoms with Gasteiger partial charge in [-0.2, -0.15) is 0 Å². The standard InChI is InChI=1S/C13H11BrF2N2O2S/c1-7-3-4-12(8(2)17-7)18-21(19,20)13-10(14)5-9(15)6-11(13)16/h3-6,18H,1-2H3. The number of halogens is 3. The number of nitrogens with one attached hydrogen (secondary N) is 1. The molecule has 0 aliphatic carbocycles. The van der Waals surface area contributed by atoms with Crippen LogP contribution in [0, 0.1) is 25.5 Å². The van der Waals surface area contributed by atoms with Crippen molar-refractivity contribution in [1.29, 1.82) is 0 Å². The number of rotatable bonds is 3. The second-order valence-electron chi connectivity index (χ2n) is 4.39. The van der Waals surface area contributed by atoms with Gasteiger partial charge < -0.3 is 0 Å². The molecule has 1 aromatic heterocycles. The van der Waals surface area contributed by atoms with E-state index < -0.39 is 26.6 Å². The Balaban J connectivity index is 2.48. The minimum Gasteiger partial charge on any atom is -0.278 e. The molecular weight excluding hydrogens is 366 g/mol. The molecule has 0 atom stereocenters. The van der Waals surface area contributed by atoms with Crippen molar-refractivity contribution in [2.24, 2.45) is 0 Å². The minimum absolute atomic E-state index is 0.190. The van der Waals surface area contributed by atoms with Crippen molar-refractivity contribution in [3.05, 3.63) is 51.8 Å². The van der Waals surface area contributed by atoms with E-state index in [9.17, 15) is 17.2 Å². The van der Waals surface area contributed by atoms with E-state index in [0.29, 0.717) is 11.8 Å².